The molecule has 4 N–H and O–H groups in total. The first-order valence-corrected chi connectivity index (χ1v) is 9.36. The van der Waals surface area contributed by atoms with E-state index in [4.69, 9.17) is 5.73 Å². The third kappa shape index (κ3) is 8.20. The van der Waals surface area contributed by atoms with E-state index in [1.807, 2.05) is 26.0 Å². The van der Waals surface area contributed by atoms with Crippen LogP contribution < -0.4 is 21.3 Å². The SMILES string of the molecule is CC1CCN(c2ccc(CNC(=O)CNC(=O)[C@@H](N)C(C)C)cn2)CC1.Cl.Cl. The van der Waals surface area contributed by atoms with Crippen molar-refractivity contribution in [3.05, 3.63) is 23.9 Å². The first-order chi connectivity index (χ1) is 12.4. The van der Waals surface area contributed by atoms with Crippen molar-refractivity contribution in [3.8, 4) is 0 Å². The number of amides is 2. The number of halogens is 2. The molecular weight excluding hydrogens is 401 g/mol. The van der Waals surface area contributed by atoms with Gasteiger partial charge in [0.2, 0.25) is 11.8 Å². The Hall–Kier alpha value is -1.57. The van der Waals surface area contributed by atoms with Crippen molar-refractivity contribution in [2.24, 2.45) is 17.6 Å². The van der Waals surface area contributed by atoms with E-state index >= 15 is 0 Å². The van der Waals surface area contributed by atoms with E-state index in [-0.39, 0.29) is 49.1 Å². The van der Waals surface area contributed by atoms with Crippen molar-refractivity contribution >= 4 is 42.4 Å². The third-order valence-electron chi connectivity index (χ3n) is 4.85. The molecule has 1 fully saturated rings. The second-order valence-electron chi connectivity index (χ2n) is 7.46. The van der Waals surface area contributed by atoms with Gasteiger partial charge in [0, 0.05) is 25.8 Å². The minimum absolute atomic E-state index is 0. The molecule has 2 heterocycles. The Labute approximate surface area is 180 Å². The number of anilines is 1. The normalized spacial score (nSPS) is 15.2. The van der Waals surface area contributed by atoms with Crippen molar-refractivity contribution in [2.45, 2.75) is 46.2 Å². The van der Waals surface area contributed by atoms with Crippen LogP contribution in [-0.2, 0) is 16.1 Å². The number of nitrogens with one attached hydrogen (secondary N) is 2. The van der Waals surface area contributed by atoms with Crippen LogP contribution in [0.1, 0.15) is 39.2 Å². The van der Waals surface area contributed by atoms with Gasteiger partial charge in [-0.1, -0.05) is 26.8 Å². The fourth-order valence-electron chi connectivity index (χ4n) is 2.80. The van der Waals surface area contributed by atoms with Crippen LogP contribution >= 0.6 is 24.8 Å². The van der Waals surface area contributed by atoms with Crippen molar-refractivity contribution in [2.75, 3.05) is 24.5 Å². The van der Waals surface area contributed by atoms with Crippen LogP contribution in [0.2, 0.25) is 0 Å². The lowest BCUT2D eigenvalue weighted by molar-refractivity contribution is -0.127. The molecule has 1 aliphatic rings. The van der Waals surface area contributed by atoms with Gasteiger partial charge in [0.05, 0.1) is 12.6 Å². The zero-order valence-electron chi connectivity index (χ0n) is 16.8. The van der Waals surface area contributed by atoms with Crippen LogP contribution in [0, 0.1) is 11.8 Å². The van der Waals surface area contributed by atoms with Gasteiger partial charge in [-0.15, -0.1) is 24.8 Å². The number of nitrogens with two attached hydrogens (primary N) is 1. The largest absolute Gasteiger partial charge is 0.357 e. The summed E-state index contributed by atoms with van der Waals surface area (Å²) < 4.78 is 0. The Bertz CT molecular complexity index is 605. The topological polar surface area (TPSA) is 100 Å². The van der Waals surface area contributed by atoms with Gasteiger partial charge in [-0.2, -0.15) is 0 Å². The maximum Gasteiger partial charge on any atom is 0.239 e. The zero-order valence-corrected chi connectivity index (χ0v) is 18.4. The van der Waals surface area contributed by atoms with Crippen molar-refractivity contribution in [1.82, 2.24) is 15.6 Å². The van der Waals surface area contributed by atoms with Gasteiger partial charge in [0.15, 0.2) is 0 Å². The summed E-state index contributed by atoms with van der Waals surface area (Å²) in [4.78, 5) is 30.4. The van der Waals surface area contributed by atoms with Gasteiger partial charge in [-0.3, -0.25) is 9.59 Å². The molecule has 7 nitrogen and oxygen atoms in total. The molecule has 0 spiro atoms. The summed E-state index contributed by atoms with van der Waals surface area (Å²) in [5.41, 5.74) is 6.67. The number of hydrogen-bond donors (Lipinski definition) is 3. The van der Waals surface area contributed by atoms with Gasteiger partial charge >= 0.3 is 0 Å². The van der Waals surface area contributed by atoms with E-state index in [1.54, 1.807) is 6.20 Å². The number of piperidine rings is 1. The van der Waals surface area contributed by atoms with Crippen LogP contribution in [0.5, 0.6) is 0 Å². The highest BCUT2D eigenvalue weighted by Gasteiger charge is 2.18. The highest BCUT2D eigenvalue weighted by Crippen LogP contribution is 2.21. The Morgan fingerprint density at radius 2 is 1.86 bits per heavy atom. The second-order valence-corrected chi connectivity index (χ2v) is 7.46. The lowest BCUT2D eigenvalue weighted by atomic mass is 9.99. The third-order valence-corrected chi connectivity index (χ3v) is 4.85. The minimum Gasteiger partial charge on any atom is -0.357 e. The van der Waals surface area contributed by atoms with E-state index in [2.05, 4.69) is 27.4 Å². The number of rotatable bonds is 7. The Morgan fingerprint density at radius 1 is 1.21 bits per heavy atom. The van der Waals surface area contributed by atoms with Gasteiger partial charge < -0.3 is 21.3 Å². The standard InChI is InChI=1S/C19H31N5O2.2ClH/c1-13(2)18(20)19(26)23-12-17(25)22-11-15-4-5-16(21-10-15)24-8-6-14(3)7-9-24;;/h4-5,10,13-14,18H,6-9,11-12,20H2,1-3H3,(H,22,25)(H,23,26);2*1H/t18-;;/m0../s1. The van der Waals surface area contributed by atoms with Crippen LogP contribution in [0.3, 0.4) is 0 Å². The number of aromatic nitrogens is 1. The zero-order chi connectivity index (χ0) is 19.1. The fraction of sp³-hybridized carbons (Fsp3) is 0.632. The summed E-state index contributed by atoms with van der Waals surface area (Å²) in [5.74, 6) is 1.25. The smallest absolute Gasteiger partial charge is 0.239 e. The highest BCUT2D eigenvalue weighted by molar-refractivity contribution is 5.87. The molecule has 1 aliphatic heterocycles. The molecule has 2 amide bonds. The maximum atomic E-state index is 11.9. The Balaban J connectivity index is 0.00000364. The summed E-state index contributed by atoms with van der Waals surface area (Å²) in [7, 11) is 0. The van der Waals surface area contributed by atoms with E-state index in [1.165, 1.54) is 12.8 Å². The minimum atomic E-state index is -0.600. The molecule has 2 rings (SSSR count). The Morgan fingerprint density at radius 3 is 2.39 bits per heavy atom. The fourth-order valence-corrected chi connectivity index (χ4v) is 2.80. The van der Waals surface area contributed by atoms with E-state index in [0.29, 0.717) is 6.54 Å². The van der Waals surface area contributed by atoms with E-state index in [9.17, 15) is 9.59 Å². The van der Waals surface area contributed by atoms with Gasteiger partial charge in [-0.05, 0) is 36.3 Å². The van der Waals surface area contributed by atoms with Crippen molar-refractivity contribution in [1.29, 1.82) is 0 Å². The second kappa shape index (κ2) is 12.8. The first-order valence-electron chi connectivity index (χ1n) is 9.36. The van der Waals surface area contributed by atoms with E-state index in [0.717, 1.165) is 30.4 Å². The quantitative estimate of drug-likeness (QED) is 0.609. The summed E-state index contributed by atoms with van der Waals surface area (Å²) in [6, 6.07) is 3.38. The number of pyridine rings is 1. The average molecular weight is 434 g/mol. The molecule has 0 bridgehead atoms. The molecule has 0 aromatic carbocycles. The van der Waals surface area contributed by atoms with Crippen LogP contribution in [0.4, 0.5) is 5.82 Å². The molecule has 1 atom stereocenters. The monoisotopic (exact) mass is 433 g/mol. The maximum absolute atomic E-state index is 11.9. The molecule has 0 unspecified atom stereocenters. The molecule has 0 radical (unpaired) electrons. The van der Waals surface area contributed by atoms with Gasteiger partial charge in [0.25, 0.3) is 0 Å². The summed E-state index contributed by atoms with van der Waals surface area (Å²) in [6.07, 6.45) is 4.19. The summed E-state index contributed by atoms with van der Waals surface area (Å²) in [5, 5.41) is 5.34. The van der Waals surface area contributed by atoms with Crippen LogP contribution in [0.25, 0.3) is 0 Å². The van der Waals surface area contributed by atoms with Crippen LogP contribution in [0.15, 0.2) is 18.3 Å². The molecule has 9 heteroatoms. The highest BCUT2D eigenvalue weighted by atomic mass is 35.5. The van der Waals surface area contributed by atoms with Crippen molar-refractivity contribution < 1.29 is 9.59 Å². The number of hydrogen-bond acceptors (Lipinski definition) is 5. The Kier molecular flexibility index (Phi) is 12.1. The molecule has 28 heavy (non-hydrogen) atoms. The van der Waals surface area contributed by atoms with Crippen LogP contribution in [-0.4, -0.2) is 42.5 Å². The molecule has 0 saturated carbocycles. The van der Waals surface area contributed by atoms with E-state index < -0.39 is 6.04 Å². The number of carbonyl (C=O) groups is 2. The number of nitrogens with zero attached hydrogens (tertiary/aromatic N) is 2. The lowest BCUT2D eigenvalue weighted by Crippen LogP contribution is -2.47. The first kappa shape index (κ1) is 26.4. The summed E-state index contributed by atoms with van der Waals surface area (Å²) in [6.45, 7) is 8.42. The molecular formula is C19H33Cl2N5O2. The average Bonchev–Trinajstić information content (AvgIpc) is 2.64. The van der Waals surface area contributed by atoms with Crippen molar-refractivity contribution in [3.63, 3.8) is 0 Å². The molecule has 1 aromatic heterocycles. The molecule has 1 aromatic rings. The molecule has 1 saturated heterocycles. The number of carbonyl (C=O) groups excluding carboxylic acids is 2. The van der Waals surface area contributed by atoms with Gasteiger partial charge in [0.1, 0.15) is 5.82 Å². The van der Waals surface area contributed by atoms with Gasteiger partial charge in [-0.25, -0.2) is 4.98 Å². The molecule has 0 aliphatic carbocycles. The molecule has 160 valence electrons. The predicted molar refractivity (Wildman–Crippen MR) is 117 cm³/mol. The predicted octanol–water partition coefficient (Wildman–Crippen LogP) is 1.88. The lowest BCUT2D eigenvalue weighted by Gasteiger charge is -2.31. The summed E-state index contributed by atoms with van der Waals surface area (Å²) >= 11 is 0.